The second kappa shape index (κ2) is 6.77. The van der Waals surface area contributed by atoms with Crippen LogP contribution in [0.3, 0.4) is 0 Å². The maximum Gasteiger partial charge on any atom is 0.178 e. The number of aromatic nitrogens is 3. The first-order chi connectivity index (χ1) is 12.2. The van der Waals surface area contributed by atoms with Crippen LogP contribution in [0, 0.1) is 6.92 Å². The summed E-state index contributed by atoms with van der Waals surface area (Å²) in [5.74, 6) is 0.683. The van der Waals surface area contributed by atoms with Crippen molar-refractivity contribution in [2.24, 2.45) is 0 Å². The lowest BCUT2D eigenvalue weighted by Crippen LogP contribution is -2.03. The second-order valence-corrected chi connectivity index (χ2v) is 6.74. The predicted octanol–water partition coefficient (Wildman–Crippen LogP) is 5.05. The molecule has 3 aromatic rings. The van der Waals surface area contributed by atoms with Gasteiger partial charge in [0.1, 0.15) is 5.69 Å². The van der Waals surface area contributed by atoms with E-state index < -0.39 is 0 Å². The molecule has 2 heterocycles. The van der Waals surface area contributed by atoms with Crippen molar-refractivity contribution in [2.45, 2.75) is 26.2 Å². The van der Waals surface area contributed by atoms with Crippen LogP contribution in [0.1, 0.15) is 34.5 Å². The lowest BCUT2D eigenvalue weighted by atomic mass is 10.0. The molecular formula is C21H18ClN3. The number of allylic oxidation sites excluding steroid dienone is 1. The molecule has 124 valence electrons. The van der Waals surface area contributed by atoms with E-state index in [0.29, 0.717) is 5.82 Å². The lowest BCUT2D eigenvalue weighted by molar-refractivity contribution is 0.937. The summed E-state index contributed by atoms with van der Waals surface area (Å²) in [5.41, 5.74) is 6.42. The average molecular weight is 348 g/mol. The van der Waals surface area contributed by atoms with E-state index in [1.807, 2.05) is 36.5 Å². The number of benzene rings is 1. The molecule has 0 amide bonds. The Morgan fingerprint density at radius 1 is 1.04 bits per heavy atom. The fourth-order valence-electron chi connectivity index (χ4n) is 2.98. The Labute approximate surface area is 152 Å². The van der Waals surface area contributed by atoms with Crippen LogP contribution in [0.2, 0.25) is 5.02 Å². The molecule has 3 nitrogen and oxygen atoms in total. The highest BCUT2D eigenvalue weighted by molar-refractivity contribution is 6.30. The summed E-state index contributed by atoms with van der Waals surface area (Å²) in [6, 6.07) is 12.0. The van der Waals surface area contributed by atoms with E-state index >= 15 is 0 Å². The molecule has 0 fully saturated rings. The zero-order chi connectivity index (χ0) is 17.2. The van der Waals surface area contributed by atoms with Crippen molar-refractivity contribution in [3.8, 4) is 11.5 Å². The number of rotatable bonds is 3. The van der Waals surface area contributed by atoms with E-state index in [9.17, 15) is 0 Å². The summed E-state index contributed by atoms with van der Waals surface area (Å²) in [6.07, 6.45) is 9.00. The van der Waals surface area contributed by atoms with Crippen LogP contribution in [-0.4, -0.2) is 15.0 Å². The number of fused-ring (bicyclic) bond motifs is 1. The maximum absolute atomic E-state index is 5.97. The zero-order valence-electron chi connectivity index (χ0n) is 14.0. The van der Waals surface area contributed by atoms with Gasteiger partial charge in [0, 0.05) is 23.3 Å². The highest BCUT2D eigenvalue weighted by Crippen LogP contribution is 2.22. The molecule has 1 aliphatic rings. The quantitative estimate of drug-likeness (QED) is 0.665. The SMILES string of the molecule is Cc1ccc(-c2ncc3c(n2)C=CCC3)nc1Cc1ccc(Cl)cc1. The van der Waals surface area contributed by atoms with Crippen molar-refractivity contribution in [2.75, 3.05) is 0 Å². The number of hydrogen-bond acceptors (Lipinski definition) is 3. The lowest BCUT2D eigenvalue weighted by Gasteiger charge is -2.11. The molecule has 0 saturated heterocycles. The third-order valence-electron chi connectivity index (χ3n) is 4.47. The topological polar surface area (TPSA) is 38.7 Å². The van der Waals surface area contributed by atoms with Crippen LogP contribution < -0.4 is 0 Å². The smallest absolute Gasteiger partial charge is 0.178 e. The van der Waals surface area contributed by atoms with E-state index in [-0.39, 0.29) is 0 Å². The maximum atomic E-state index is 5.97. The van der Waals surface area contributed by atoms with Gasteiger partial charge in [-0.05, 0) is 60.7 Å². The summed E-state index contributed by atoms with van der Waals surface area (Å²) in [4.78, 5) is 14.0. The van der Waals surface area contributed by atoms with Crippen molar-refractivity contribution in [3.63, 3.8) is 0 Å². The van der Waals surface area contributed by atoms with E-state index in [1.165, 1.54) is 11.1 Å². The van der Waals surface area contributed by atoms with Crippen molar-refractivity contribution in [1.29, 1.82) is 0 Å². The van der Waals surface area contributed by atoms with Gasteiger partial charge in [0.15, 0.2) is 5.82 Å². The second-order valence-electron chi connectivity index (χ2n) is 6.31. The molecule has 2 aromatic heterocycles. The van der Waals surface area contributed by atoms with Gasteiger partial charge in [-0.3, -0.25) is 0 Å². The molecule has 1 aromatic carbocycles. The summed E-state index contributed by atoms with van der Waals surface area (Å²) in [5, 5.41) is 0.748. The van der Waals surface area contributed by atoms with Crippen molar-refractivity contribution < 1.29 is 0 Å². The fraction of sp³-hybridized carbons (Fsp3) is 0.190. The average Bonchev–Trinajstić information content (AvgIpc) is 2.65. The van der Waals surface area contributed by atoms with Crippen LogP contribution in [0.25, 0.3) is 17.6 Å². The summed E-state index contributed by atoms with van der Waals surface area (Å²) >= 11 is 5.97. The van der Waals surface area contributed by atoms with Crippen molar-refractivity contribution >= 4 is 17.7 Å². The molecule has 4 rings (SSSR count). The molecule has 1 aliphatic carbocycles. The molecule has 0 unspecified atom stereocenters. The minimum atomic E-state index is 0.683. The van der Waals surface area contributed by atoms with Crippen LogP contribution in [0.15, 0.2) is 48.7 Å². The van der Waals surface area contributed by atoms with E-state index in [0.717, 1.165) is 46.9 Å². The number of aryl methyl sites for hydroxylation is 2. The Hall–Kier alpha value is -2.52. The van der Waals surface area contributed by atoms with Crippen LogP contribution >= 0.6 is 11.6 Å². The molecular weight excluding hydrogens is 330 g/mol. The first-order valence-electron chi connectivity index (χ1n) is 8.43. The molecule has 0 aliphatic heterocycles. The Morgan fingerprint density at radius 3 is 2.72 bits per heavy atom. The zero-order valence-corrected chi connectivity index (χ0v) is 14.8. The van der Waals surface area contributed by atoms with Crippen molar-refractivity contribution in [1.82, 2.24) is 15.0 Å². The van der Waals surface area contributed by atoms with Crippen LogP contribution in [-0.2, 0) is 12.8 Å². The number of hydrogen-bond donors (Lipinski definition) is 0. The van der Waals surface area contributed by atoms with Gasteiger partial charge in [-0.25, -0.2) is 15.0 Å². The van der Waals surface area contributed by atoms with Gasteiger partial charge >= 0.3 is 0 Å². The third-order valence-corrected chi connectivity index (χ3v) is 4.72. The Kier molecular flexibility index (Phi) is 4.33. The molecule has 0 radical (unpaired) electrons. The Bertz CT molecular complexity index is 946. The fourth-order valence-corrected chi connectivity index (χ4v) is 3.11. The van der Waals surface area contributed by atoms with Gasteiger partial charge < -0.3 is 0 Å². The van der Waals surface area contributed by atoms with Gasteiger partial charge in [-0.1, -0.05) is 35.9 Å². The standard InChI is InChI=1S/C21H18ClN3/c1-14-6-11-19(21-23-13-16-4-2-3-5-18(16)25-21)24-20(14)12-15-7-9-17(22)10-8-15/h3,5-11,13H,2,4,12H2,1H3. The number of nitrogens with zero attached hydrogens (tertiary/aromatic N) is 3. The summed E-state index contributed by atoms with van der Waals surface area (Å²) in [6.45, 7) is 2.08. The normalized spacial score (nSPS) is 12.9. The van der Waals surface area contributed by atoms with Gasteiger partial charge in [-0.15, -0.1) is 0 Å². The Morgan fingerprint density at radius 2 is 1.88 bits per heavy atom. The minimum absolute atomic E-state index is 0.683. The highest BCUT2D eigenvalue weighted by Gasteiger charge is 2.12. The minimum Gasteiger partial charge on any atom is -0.249 e. The predicted molar refractivity (Wildman–Crippen MR) is 102 cm³/mol. The van der Waals surface area contributed by atoms with Gasteiger partial charge in [0.25, 0.3) is 0 Å². The molecule has 0 N–H and O–H groups in total. The monoisotopic (exact) mass is 347 g/mol. The molecule has 0 bridgehead atoms. The highest BCUT2D eigenvalue weighted by atomic mass is 35.5. The Balaban J connectivity index is 1.67. The van der Waals surface area contributed by atoms with Gasteiger partial charge in [-0.2, -0.15) is 0 Å². The summed E-state index contributed by atoms with van der Waals surface area (Å²) < 4.78 is 0. The molecule has 25 heavy (non-hydrogen) atoms. The van der Waals surface area contributed by atoms with Crippen LogP contribution in [0.4, 0.5) is 0 Å². The van der Waals surface area contributed by atoms with Gasteiger partial charge in [0.2, 0.25) is 0 Å². The van der Waals surface area contributed by atoms with Crippen molar-refractivity contribution in [3.05, 3.63) is 81.8 Å². The van der Waals surface area contributed by atoms with E-state index in [1.54, 1.807) is 0 Å². The summed E-state index contributed by atoms with van der Waals surface area (Å²) in [7, 11) is 0. The molecule has 4 heteroatoms. The third kappa shape index (κ3) is 3.47. The number of halogens is 1. The number of pyridine rings is 1. The van der Waals surface area contributed by atoms with E-state index in [4.69, 9.17) is 21.6 Å². The molecule has 0 atom stereocenters. The van der Waals surface area contributed by atoms with E-state index in [2.05, 4.69) is 30.1 Å². The first kappa shape index (κ1) is 16.0. The van der Waals surface area contributed by atoms with Crippen LogP contribution in [0.5, 0.6) is 0 Å². The first-order valence-corrected chi connectivity index (χ1v) is 8.80. The molecule has 0 saturated carbocycles. The van der Waals surface area contributed by atoms with Gasteiger partial charge in [0.05, 0.1) is 5.69 Å². The largest absolute Gasteiger partial charge is 0.249 e. The molecule has 0 spiro atoms.